The Kier molecular flexibility index (Phi) is 10.7. The van der Waals surface area contributed by atoms with Crippen molar-refractivity contribution in [3.8, 4) is 5.75 Å². The van der Waals surface area contributed by atoms with Gasteiger partial charge in [0, 0.05) is 6.42 Å². The van der Waals surface area contributed by atoms with E-state index >= 15 is 0 Å². The number of aliphatic hydroxyl groups is 1. The Labute approximate surface area is 281 Å². The molecule has 0 aliphatic carbocycles. The smallest absolute Gasteiger partial charge is 0.459 e. The molecule has 13 nitrogen and oxygen atoms in total. The standard InChI is InChI=1S/C33H34ClN6O7P/c34-33-37-30(35)29-31(38-33)40(21-36-29)28-18-26(27(19-41)45-28)47-48(43,46-24-14-8-3-9-15-24)39-25(17-16-22-10-4-1-5-11-22)32(42)44-20-23-12-6-2-7-13-23/h1-15,21,25-28,41H,16-20H2,(H,39,43)(H2,35,37,38)/t25-,26?,27+,28+,48?/m0/s1. The van der Waals surface area contributed by atoms with Gasteiger partial charge in [0.15, 0.2) is 11.5 Å². The van der Waals surface area contributed by atoms with Gasteiger partial charge in [0.1, 0.15) is 42.4 Å². The van der Waals surface area contributed by atoms with Gasteiger partial charge >= 0.3 is 13.7 Å². The number of nitrogen functional groups attached to an aromatic ring is 1. The molecule has 0 bridgehead atoms. The first-order valence-electron chi connectivity index (χ1n) is 15.3. The Morgan fingerprint density at radius 1 is 1.04 bits per heavy atom. The van der Waals surface area contributed by atoms with Crippen LogP contribution in [0.25, 0.3) is 11.2 Å². The molecule has 1 saturated heterocycles. The largest absolute Gasteiger partial charge is 0.460 e. The maximum atomic E-state index is 14.7. The van der Waals surface area contributed by atoms with Crippen molar-refractivity contribution in [2.24, 2.45) is 0 Å². The Bertz CT molecular complexity index is 1870. The second-order valence-corrected chi connectivity index (χ2v) is 13.1. The summed E-state index contributed by atoms with van der Waals surface area (Å²) in [6, 6.07) is 26.2. The van der Waals surface area contributed by atoms with E-state index in [0.717, 1.165) is 11.1 Å². The van der Waals surface area contributed by atoms with Crippen LogP contribution in [0.5, 0.6) is 5.75 Å². The summed E-state index contributed by atoms with van der Waals surface area (Å²) in [7, 11) is -4.37. The minimum atomic E-state index is -4.37. The summed E-state index contributed by atoms with van der Waals surface area (Å²) < 4.78 is 40.3. The van der Waals surface area contributed by atoms with Crippen LogP contribution < -0.4 is 15.3 Å². The third-order valence-corrected chi connectivity index (χ3v) is 9.52. The van der Waals surface area contributed by atoms with Crippen LogP contribution in [-0.4, -0.2) is 55.5 Å². The molecule has 0 spiro atoms. The summed E-state index contributed by atoms with van der Waals surface area (Å²) in [5.41, 5.74) is 8.39. The van der Waals surface area contributed by atoms with Crippen molar-refractivity contribution in [2.45, 2.75) is 50.3 Å². The lowest BCUT2D eigenvalue weighted by molar-refractivity contribution is -0.147. The van der Waals surface area contributed by atoms with Crippen LogP contribution in [0.4, 0.5) is 5.82 Å². The lowest BCUT2D eigenvalue weighted by Gasteiger charge is -2.28. The summed E-state index contributed by atoms with van der Waals surface area (Å²) in [6.07, 6.45) is -0.367. The number of halogens is 1. The van der Waals surface area contributed by atoms with Gasteiger partial charge < -0.3 is 24.8 Å². The molecule has 2 aromatic heterocycles. The number of hydrogen-bond acceptors (Lipinski definition) is 11. The average molecular weight is 693 g/mol. The van der Waals surface area contributed by atoms with E-state index in [9.17, 15) is 14.5 Å². The van der Waals surface area contributed by atoms with Gasteiger partial charge in [-0.1, -0.05) is 78.9 Å². The molecule has 250 valence electrons. The highest BCUT2D eigenvalue weighted by Gasteiger charge is 2.44. The number of esters is 1. The number of imidazole rings is 1. The van der Waals surface area contributed by atoms with E-state index < -0.39 is 44.8 Å². The van der Waals surface area contributed by atoms with Crippen LogP contribution in [0.1, 0.15) is 30.2 Å². The second-order valence-electron chi connectivity index (χ2n) is 11.1. The summed E-state index contributed by atoms with van der Waals surface area (Å²) in [5.74, 6) is -0.293. The van der Waals surface area contributed by atoms with Crippen LogP contribution in [0.15, 0.2) is 97.3 Å². The Morgan fingerprint density at radius 3 is 2.40 bits per heavy atom. The zero-order valence-electron chi connectivity index (χ0n) is 25.7. The van der Waals surface area contributed by atoms with E-state index in [2.05, 4.69) is 20.0 Å². The normalized spacial score (nSPS) is 19.5. The fraction of sp³-hybridized carbons (Fsp3) is 0.273. The second kappa shape index (κ2) is 15.2. The molecule has 0 amide bonds. The lowest BCUT2D eigenvalue weighted by atomic mass is 10.1. The summed E-state index contributed by atoms with van der Waals surface area (Å²) >= 11 is 6.06. The molecule has 1 fully saturated rings. The van der Waals surface area contributed by atoms with Gasteiger partial charge in [0.2, 0.25) is 5.28 Å². The van der Waals surface area contributed by atoms with Gasteiger partial charge in [-0.15, -0.1) is 0 Å². The van der Waals surface area contributed by atoms with Crippen molar-refractivity contribution in [3.05, 3.63) is 114 Å². The number of nitrogens with one attached hydrogen (secondary N) is 1. The van der Waals surface area contributed by atoms with Crippen LogP contribution in [0.3, 0.4) is 0 Å². The first-order chi connectivity index (χ1) is 23.3. The maximum absolute atomic E-state index is 14.7. The molecule has 2 unspecified atom stereocenters. The fourth-order valence-corrected chi connectivity index (χ4v) is 7.28. The molecular formula is C33H34ClN6O7P. The Hall–Kier alpha value is -4.36. The number of para-hydroxylation sites is 1. The number of fused-ring (bicyclic) bond motifs is 1. The number of anilines is 1. The quantitative estimate of drug-likeness (QED) is 0.0785. The SMILES string of the molecule is Nc1nc(Cl)nc2c1ncn2[C@H]1CC(OP(=O)(N[C@@H](CCc2ccccc2)C(=O)OCc2ccccc2)Oc2ccccc2)[C@@H](CO)O1. The van der Waals surface area contributed by atoms with Gasteiger partial charge in [-0.05, 0) is 47.7 Å². The van der Waals surface area contributed by atoms with E-state index in [1.54, 1.807) is 34.9 Å². The van der Waals surface area contributed by atoms with Crippen molar-refractivity contribution < 1.29 is 33.0 Å². The molecule has 15 heteroatoms. The van der Waals surface area contributed by atoms with E-state index in [1.807, 2.05) is 60.7 Å². The molecular weight excluding hydrogens is 659 g/mol. The Balaban J connectivity index is 1.26. The summed E-state index contributed by atoms with van der Waals surface area (Å²) in [6.45, 7) is -0.441. The summed E-state index contributed by atoms with van der Waals surface area (Å²) in [5, 5.41) is 13.1. The number of ether oxygens (including phenoxy) is 2. The highest BCUT2D eigenvalue weighted by Crippen LogP contribution is 2.50. The van der Waals surface area contributed by atoms with E-state index in [0.29, 0.717) is 17.6 Å². The topological polar surface area (TPSA) is 173 Å². The van der Waals surface area contributed by atoms with Gasteiger partial charge in [-0.2, -0.15) is 15.1 Å². The molecule has 4 N–H and O–H groups in total. The molecule has 1 aliphatic rings. The number of nitrogens with zero attached hydrogens (tertiary/aromatic N) is 4. The molecule has 0 radical (unpaired) electrons. The molecule has 48 heavy (non-hydrogen) atoms. The van der Waals surface area contributed by atoms with E-state index in [4.69, 9.17) is 35.9 Å². The van der Waals surface area contributed by atoms with Gasteiger partial charge in [-0.25, -0.2) is 9.55 Å². The number of rotatable bonds is 14. The third kappa shape index (κ3) is 8.19. The predicted octanol–water partition coefficient (Wildman–Crippen LogP) is 5.25. The van der Waals surface area contributed by atoms with Crippen LogP contribution in [0.2, 0.25) is 5.28 Å². The van der Waals surface area contributed by atoms with Crippen LogP contribution >= 0.6 is 19.3 Å². The zero-order chi connectivity index (χ0) is 33.5. The first kappa shape index (κ1) is 33.5. The van der Waals surface area contributed by atoms with Gasteiger partial charge in [-0.3, -0.25) is 13.9 Å². The average Bonchev–Trinajstić information content (AvgIpc) is 3.70. The molecule has 5 aromatic rings. The van der Waals surface area contributed by atoms with Crippen molar-refractivity contribution in [1.82, 2.24) is 24.6 Å². The van der Waals surface area contributed by atoms with Crippen molar-refractivity contribution in [1.29, 1.82) is 0 Å². The first-order valence-corrected chi connectivity index (χ1v) is 17.2. The van der Waals surface area contributed by atoms with Gasteiger partial charge in [0.05, 0.1) is 12.9 Å². The molecule has 0 saturated carbocycles. The predicted molar refractivity (Wildman–Crippen MR) is 178 cm³/mol. The van der Waals surface area contributed by atoms with Crippen LogP contribution in [0, 0.1) is 0 Å². The molecule has 5 atom stereocenters. The molecule has 6 rings (SSSR count). The number of aliphatic hydroxyl groups excluding tert-OH is 1. The summed E-state index contributed by atoms with van der Waals surface area (Å²) in [4.78, 5) is 26.0. The van der Waals surface area contributed by atoms with Gasteiger partial charge in [0.25, 0.3) is 0 Å². The maximum Gasteiger partial charge on any atom is 0.459 e. The number of carbonyl (C=O) groups is 1. The van der Waals surface area contributed by atoms with E-state index in [-0.39, 0.29) is 36.3 Å². The molecule has 3 aromatic carbocycles. The minimum Gasteiger partial charge on any atom is -0.460 e. The highest BCUT2D eigenvalue weighted by atomic mass is 35.5. The van der Waals surface area contributed by atoms with Crippen molar-refractivity contribution in [2.75, 3.05) is 12.3 Å². The van der Waals surface area contributed by atoms with E-state index in [1.165, 1.54) is 6.33 Å². The number of aryl methyl sites for hydroxylation is 1. The minimum absolute atomic E-state index is 0.0234. The number of nitrogens with two attached hydrogens (primary N) is 1. The highest BCUT2D eigenvalue weighted by molar-refractivity contribution is 7.52. The number of hydrogen-bond donors (Lipinski definition) is 3. The van der Waals surface area contributed by atoms with Crippen molar-refractivity contribution in [3.63, 3.8) is 0 Å². The molecule has 1 aliphatic heterocycles. The van der Waals surface area contributed by atoms with Crippen LogP contribution in [-0.2, 0) is 36.4 Å². The number of carbonyl (C=O) groups excluding carboxylic acids is 1. The fourth-order valence-electron chi connectivity index (χ4n) is 5.36. The third-order valence-electron chi connectivity index (χ3n) is 7.72. The monoisotopic (exact) mass is 692 g/mol. The zero-order valence-corrected chi connectivity index (χ0v) is 27.3. The number of benzene rings is 3. The molecule has 3 heterocycles. The lowest BCUT2D eigenvalue weighted by Crippen LogP contribution is -2.39. The number of aromatic nitrogens is 4. The van der Waals surface area contributed by atoms with Crippen molar-refractivity contribution >= 4 is 42.3 Å². The Morgan fingerprint density at radius 2 is 1.71 bits per heavy atom.